The minimum absolute atomic E-state index is 0.218. The third kappa shape index (κ3) is 4.61. The Kier molecular flexibility index (Phi) is 6.04. The fraction of sp³-hybridized carbons (Fsp3) is 0.375. The maximum Gasteiger partial charge on any atom is 0.270 e. The Balaban J connectivity index is 1.55. The van der Waals surface area contributed by atoms with Crippen LogP contribution in [0.4, 0.5) is 0 Å². The van der Waals surface area contributed by atoms with Gasteiger partial charge in [-0.2, -0.15) is 5.10 Å². The number of aryl methyl sites for hydroxylation is 1. The maximum atomic E-state index is 12.8. The second kappa shape index (κ2) is 8.89. The van der Waals surface area contributed by atoms with Gasteiger partial charge in [0, 0.05) is 24.4 Å². The first-order valence-corrected chi connectivity index (χ1v) is 10.6. The standard InChI is InChI=1S/C24H28N4O3/c1-15-18(13-16-7-9-17(10-8-16)19-11-12-28(2)27-19)14-21(26-24(15)31-3)23(30)25-20-5-4-6-22(20)29/h7-12,14,20,22,29H,4-6,13H2,1-3H3,(H,25,30)/t20-,22-/m0/s1. The molecule has 7 heteroatoms. The van der Waals surface area contributed by atoms with Crippen LogP contribution in [0.5, 0.6) is 5.88 Å². The molecule has 1 aromatic carbocycles. The molecule has 1 fully saturated rings. The van der Waals surface area contributed by atoms with Crippen LogP contribution in [0.1, 0.15) is 46.4 Å². The Morgan fingerprint density at radius 1 is 1.26 bits per heavy atom. The molecule has 0 unspecified atom stereocenters. The van der Waals surface area contributed by atoms with Crippen molar-refractivity contribution in [2.24, 2.45) is 7.05 Å². The van der Waals surface area contributed by atoms with E-state index in [-0.39, 0.29) is 11.9 Å². The molecule has 0 bridgehead atoms. The summed E-state index contributed by atoms with van der Waals surface area (Å²) >= 11 is 0. The smallest absolute Gasteiger partial charge is 0.270 e. The topological polar surface area (TPSA) is 89.3 Å². The van der Waals surface area contributed by atoms with Crippen LogP contribution in [-0.2, 0) is 13.5 Å². The number of carbonyl (C=O) groups excluding carboxylic acids is 1. The van der Waals surface area contributed by atoms with Crippen LogP contribution in [0.3, 0.4) is 0 Å². The van der Waals surface area contributed by atoms with Crippen molar-refractivity contribution in [3.8, 4) is 17.1 Å². The number of rotatable bonds is 6. The van der Waals surface area contributed by atoms with Gasteiger partial charge in [-0.1, -0.05) is 24.3 Å². The van der Waals surface area contributed by atoms with E-state index in [9.17, 15) is 9.90 Å². The van der Waals surface area contributed by atoms with Crippen molar-refractivity contribution >= 4 is 5.91 Å². The quantitative estimate of drug-likeness (QED) is 0.640. The first-order valence-electron chi connectivity index (χ1n) is 10.6. The molecule has 0 spiro atoms. The van der Waals surface area contributed by atoms with E-state index in [1.54, 1.807) is 11.8 Å². The van der Waals surface area contributed by atoms with Gasteiger partial charge in [0.05, 0.1) is 24.9 Å². The average molecular weight is 421 g/mol. The Labute approximate surface area is 182 Å². The zero-order chi connectivity index (χ0) is 22.0. The second-order valence-corrected chi connectivity index (χ2v) is 8.13. The van der Waals surface area contributed by atoms with Gasteiger partial charge >= 0.3 is 0 Å². The fourth-order valence-corrected chi connectivity index (χ4v) is 4.07. The van der Waals surface area contributed by atoms with E-state index in [2.05, 4.69) is 39.7 Å². The Bertz CT molecular complexity index is 1070. The van der Waals surface area contributed by atoms with Crippen LogP contribution >= 0.6 is 0 Å². The molecular weight excluding hydrogens is 392 g/mol. The number of hydrogen-bond donors (Lipinski definition) is 2. The van der Waals surface area contributed by atoms with Gasteiger partial charge in [-0.25, -0.2) is 4.98 Å². The van der Waals surface area contributed by atoms with Gasteiger partial charge in [0.15, 0.2) is 0 Å². The number of hydrogen-bond acceptors (Lipinski definition) is 5. The predicted molar refractivity (Wildman–Crippen MR) is 118 cm³/mol. The summed E-state index contributed by atoms with van der Waals surface area (Å²) in [6.07, 6.45) is 4.50. The lowest BCUT2D eigenvalue weighted by atomic mass is 9.99. The van der Waals surface area contributed by atoms with Crippen LogP contribution in [0.25, 0.3) is 11.3 Å². The minimum atomic E-state index is -0.492. The number of methoxy groups -OCH3 is 1. The molecule has 2 N–H and O–H groups in total. The highest BCUT2D eigenvalue weighted by Crippen LogP contribution is 2.25. The lowest BCUT2D eigenvalue weighted by Crippen LogP contribution is -2.40. The fourth-order valence-electron chi connectivity index (χ4n) is 4.07. The second-order valence-electron chi connectivity index (χ2n) is 8.13. The van der Waals surface area contributed by atoms with Gasteiger partial charge in [-0.05, 0) is 55.9 Å². The van der Waals surface area contributed by atoms with Crippen LogP contribution in [0.2, 0.25) is 0 Å². The molecular formula is C24H28N4O3. The zero-order valence-corrected chi connectivity index (χ0v) is 18.1. The molecule has 2 atom stereocenters. The molecule has 1 amide bonds. The number of nitrogens with one attached hydrogen (secondary N) is 1. The minimum Gasteiger partial charge on any atom is -0.481 e. The van der Waals surface area contributed by atoms with E-state index >= 15 is 0 Å². The van der Waals surface area contributed by atoms with Crippen LogP contribution in [0.15, 0.2) is 42.6 Å². The van der Waals surface area contributed by atoms with Crippen molar-refractivity contribution in [3.63, 3.8) is 0 Å². The van der Waals surface area contributed by atoms with Gasteiger partial charge < -0.3 is 15.2 Å². The van der Waals surface area contributed by atoms with Crippen molar-refractivity contribution in [1.29, 1.82) is 0 Å². The highest BCUT2D eigenvalue weighted by molar-refractivity contribution is 5.93. The van der Waals surface area contributed by atoms with Crippen molar-refractivity contribution in [3.05, 3.63) is 65.0 Å². The number of amides is 1. The lowest BCUT2D eigenvalue weighted by molar-refractivity contribution is 0.0867. The van der Waals surface area contributed by atoms with Crippen molar-refractivity contribution in [1.82, 2.24) is 20.1 Å². The van der Waals surface area contributed by atoms with Crippen LogP contribution < -0.4 is 10.1 Å². The molecule has 2 heterocycles. The average Bonchev–Trinajstić information content (AvgIpc) is 3.38. The first kappa shape index (κ1) is 21.1. The normalized spacial score (nSPS) is 18.2. The Morgan fingerprint density at radius 3 is 2.65 bits per heavy atom. The predicted octanol–water partition coefficient (Wildman–Crippen LogP) is 3.03. The summed E-state index contributed by atoms with van der Waals surface area (Å²) in [6, 6.07) is 11.8. The maximum absolute atomic E-state index is 12.8. The molecule has 0 aliphatic heterocycles. The highest BCUT2D eigenvalue weighted by atomic mass is 16.5. The summed E-state index contributed by atoms with van der Waals surface area (Å²) < 4.78 is 7.22. The number of benzene rings is 1. The van der Waals surface area contributed by atoms with E-state index < -0.39 is 6.10 Å². The molecule has 7 nitrogen and oxygen atoms in total. The summed E-state index contributed by atoms with van der Waals surface area (Å²) in [5.74, 6) is 0.163. The van der Waals surface area contributed by atoms with Gasteiger partial charge in [0.25, 0.3) is 5.91 Å². The van der Waals surface area contributed by atoms with Gasteiger partial charge in [-0.3, -0.25) is 9.48 Å². The van der Waals surface area contributed by atoms with Gasteiger partial charge in [-0.15, -0.1) is 0 Å². The molecule has 1 saturated carbocycles. The number of carbonyl (C=O) groups is 1. The van der Waals surface area contributed by atoms with E-state index in [1.165, 1.54) is 0 Å². The number of aliphatic hydroxyl groups is 1. The molecule has 0 radical (unpaired) electrons. The van der Waals surface area contributed by atoms with Crippen molar-refractivity contribution in [2.45, 2.75) is 44.8 Å². The summed E-state index contributed by atoms with van der Waals surface area (Å²) in [7, 11) is 3.46. The number of pyridine rings is 1. The molecule has 2 aromatic heterocycles. The van der Waals surface area contributed by atoms with Crippen LogP contribution in [-0.4, -0.2) is 45.0 Å². The molecule has 4 rings (SSSR count). The number of aromatic nitrogens is 3. The Hall–Kier alpha value is -3.19. The van der Waals surface area contributed by atoms with E-state index in [1.807, 2.05) is 32.3 Å². The molecule has 162 valence electrons. The lowest BCUT2D eigenvalue weighted by Gasteiger charge is -2.17. The number of aliphatic hydroxyl groups excluding tert-OH is 1. The Morgan fingerprint density at radius 2 is 2.03 bits per heavy atom. The van der Waals surface area contributed by atoms with Crippen LogP contribution in [0, 0.1) is 6.92 Å². The number of ether oxygens (including phenoxy) is 1. The third-order valence-corrected chi connectivity index (χ3v) is 5.92. The number of nitrogens with zero attached hydrogens (tertiary/aromatic N) is 3. The molecule has 3 aromatic rings. The summed E-state index contributed by atoms with van der Waals surface area (Å²) in [5.41, 5.74) is 5.31. The first-order chi connectivity index (χ1) is 14.9. The third-order valence-electron chi connectivity index (χ3n) is 5.92. The monoisotopic (exact) mass is 420 g/mol. The van der Waals surface area contributed by atoms with Gasteiger partial charge in [0.2, 0.25) is 5.88 Å². The zero-order valence-electron chi connectivity index (χ0n) is 18.1. The van der Waals surface area contributed by atoms with E-state index in [0.717, 1.165) is 47.2 Å². The molecule has 1 aliphatic carbocycles. The highest BCUT2D eigenvalue weighted by Gasteiger charge is 2.27. The molecule has 31 heavy (non-hydrogen) atoms. The van der Waals surface area contributed by atoms with Gasteiger partial charge in [0.1, 0.15) is 5.69 Å². The molecule has 0 saturated heterocycles. The van der Waals surface area contributed by atoms with E-state index in [0.29, 0.717) is 18.0 Å². The largest absolute Gasteiger partial charge is 0.481 e. The summed E-state index contributed by atoms with van der Waals surface area (Å²) in [6.45, 7) is 1.95. The SMILES string of the molecule is COc1nc(C(=O)N[C@H]2CCC[C@@H]2O)cc(Cc2ccc(-c3ccn(C)n3)cc2)c1C. The van der Waals surface area contributed by atoms with Crippen molar-refractivity contribution in [2.75, 3.05) is 7.11 Å². The summed E-state index contributed by atoms with van der Waals surface area (Å²) in [5, 5.41) is 17.4. The van der Waals surface area contributed by atoms with Crippen molar-refractivity contribution < 1.29 is 14.6 Å². The summed E-state index contributed by atoms with van der Waals surface area (Å²) in [4.78, 5) is 17.2. The van der Waals surface area contributed by atoms with E-state index in [4.69, 9.17) is 4.74 Å². The molecule has 1 aliphatic rings.